The number of hydrogen-bond acceptors (Lipinski definition) is 4. The van der Waals surface area contributed by atoms with Crippen molar-refractivity contribution in [2.24, 2.45) is 0 Å². The Morgan fingerprint density at radius 3 is 3.00 bits per heavy atom. The Bertz CT molecular complexity index is 442. The molecule has 5 nitrogen and oxygen atoms in total. The lowest BCUT2D eigenvalue weighted by molar-refractivity contribution is -0.137. The first-order valence-electron chi connectivity index (χ1n) is 4.64. The molecule has 84 valence electrons. The van der Waals surface area contributed by atoms with E-state index in [1.807, 2.05) is 6.07 Å². The molecule has 0 aliphatic heterocycles. The van der Waals surface area contributed by atoms with Crippen LogP contribution in [0.4, 0.5) is 5.82 Å². The molecule has 0 amide bonds. The van der Waals surface area contributed by atoms with Gasteiger partial charge >= 0.3 is 5.97 Å². The molecule has 0 aromatic carbocycles. The van der Waals surface area contributed by atoms with Crippen molar-refractivity contribution >= 4 is 23.4 Å². The normalized spacial score (nSPS) is 11.6. The zero-order valence-electron chi connectivity index (χ0n) is 8.57. The number of nitrogens with zero attached hydrogens (tertiary/aromatic N) is 2. The Kier molecular flexibility index (Phi) is 4.09. The maximum Gasteiger partial charge on any atom is 0.326 e. The van der Waals surface area contributed by atoms with Gasteiger partial charge in [-0.15, -0.1) is 0 Å². The molecule has 0 aliphatic rings. The first-order valence-corrected chi connectivity index (χ1v) is 5.01. The molecule has 0 aliphatic carbocycles. The van der Waals surface area contributed by atoms with Crippen molar-refractivity contribution in [3.63, 3.8) is 0 Å². The fourth-order valence-corrected chi connectivity index (χ4v) is 1.34. The molecule has 1 atom stereocenters. The van der Waals surface area contributed by atoms with Crippen molar-refractivity contribution in [2.75, 3.05) is 5.32 Å². The maximum absolute atomic E-state index is 10.8. The molecular formula is C10H10ClN3O2. The monoisotopic (exact) mass is 239 g/mol. The van der Waals surface area contributed by atoms with Crippen LogP contribution in [0.5, 0.6) is 0 Å². The molecule has 1 aromatic rings. The summed E-state index contributed by atoms with van der Waals surface area (Å²) in [5, 5.41) is 20.4. The van der Waals surface area contributed by atoms with E-state index in [2.05, 4.69) is 10.3 Å². The number of carboxylic acid groups (broad SMARTS) is 1. The first-order chi connectivity index (χ1) is 7.60. The van der Waals surface area contributed by atoms with E-state index in [0.717, 1.165) is 0 Å². The second-order valence-corrected chi connectivity index (χ2v) is 3.45. The fourth-order valence-electron chi connectivity index (χ4n) is 1.13. The summed E-state index contributed by atoms with van der Waals surface area (Å²) in [6.45, 7) is 1.73. The van der Waals surface area contributed by atoms with E-state index in [1.54, 1.807) is 6.92 Å². The Morgan fingerprint density at radius 1 is 1.81 bits per heavy atom. The summed E-state index contributed by atoms with van der Waals surface area (Å²) in [4.78, 5) is 14.7. The number of carboxylic acids is 1. The molecule has 16 heavy (non-hydrogen) atoms. The molecule has 0 saturated heterocycles. The van der Waals surface area contributed by atoms with Crippen LogP contribution in [0.25, 0.3) is 0 Å². The van der Waals surface area contributed by atoms with Crippen molar-refractivity contribution < 1.29 is 9.90 Å². The minimum absolute atomic E-state index is 0.143. The van der Waals surface area contributed by atoms with Crippen molar-refractivity contribution in [3.8, 4) is 6.07 Å². The molecule has 0 fully saturated rings. The van der Waals surface area contributed by atoms with Gasteiger partial charge in [0.25, 0.3) is 0 Å². The number of hydrogen-bond donors (Lipinski definition) is 2. The molecule has 1 aromatic heterocycles. The fraction of sp³-hybridized carbons (Fsp3) is 0.300. The third-order valence-corrected chi connectivity index (χ3v) is 2.41. The van der Waals surface area contributed by atoms with E-state index in [-0.39, 0.29) is 16.4 Å². The van der Waals surface area contributed by atoms with Crippen LogP contribution in [0.2, 0.25) is 5.02 Å². The highest BCUT2D eigenvalue weighted by Gasteiger charge is 2.17. The average Bonchev–Trinajstić information content (AvgIpc) is 2.27. The van der Waals surface area contributed by atoms with Crippen LogP contribution in [0.1, 0.15) is 18.9 Å². The third kappa shape index (κ3) is 2.61. The van der Waals surface area contributed by atoms with Crippen LogP contribution in [0.15, 0.2) is 12.3 Å². The topological polar surface area (TPSA) is 86.0 Å². The van der Waals surface area contributed by atoms with Crippen LogP contribution < -0.4 is 5.32 Å². The van der Waals surface area contributed by atoms with Gasteiger partial charge in [-0.25, -0.2) is 9.78 Å². The van der Waals surface area contributed by atoms with E-state index in [0.29, 0.717) is 6.42 Å². The molecule has 2 N–H and O–H groups in total. The van der Waals surface area contributed by atoms with Gasteiger partial charge in [0.15, 0.2) is 0 Å². The summed E-state index contributed by atoms with van der Waals surface area (Å²) in [6, 6.07) is 2.60. The summed E-state index contributed by atoms with van der Waals surface area (Å²) >= 11 is 5.87. The van der Waals surface area contributed by atoms with Gasteiger partial charge in [-0.2, -0.15) is 5.26 Å². The van der Waals surface area contributed by atoms with Gasteiger partial charge in [0.05, 0.1) is 5.56 Å². The Morgan fingerprint density at radius 2 is 2.50 bits per heavy atom. The van der Waals surface area contributed by atoms with Crippen LogP contribution in [0.3, 0.4) is 0 Å². The van der Waals surface area contributed by atoms with Crippen LogP contribution in [-0.4, -0.2) is 22.1 Å². The molecule has 1 heterocycles. The third-order valence-electron chi connectivity index (χ3n) is 2.03. The summed E-state index contributed by atoms with van der Waals surface area (Å²) in [6.07, 6.45) is 1.80. The Labute approximate surface area is 97.7 Å². The van der Waals surface area contributed by atoms with Crippen molar-refractivity contribution in [1.29, 1.82) is 5.26 Å². The summed E-state index contributed by atoms with van der Waals surface area (Å²) < 4.78 is 0. The number of aromatic nitrogens is 1. The molecule has 6 heteroatoms. The van der Waals surface area contributed by atoms with Gasteiger partial charge in [-0.3, -0.25) is 0 Å². The van der Waals surface area contributed by atoms with E-state index in [4.69, 9.17) is 22.0 Å². The minimum Gasteiger partial charge on any atom is -0.480 e. The largest absolute Gasteiger partial charge is 0.480 e. The Balaban J connectivity index is 2.98. The number of rotatable bonds is 4. The summed E-state index contributed by atoms with van der Waals surface area (Å²) in [7, 11) is 0. The maximum atomic E-state index is 10.8. The molecule has 0 bridgehead atoms. The quantitative estimate of drug-likeness (QED) is 0.838. The lowest BCUT2D eigenvalue weighted by atomic mass is 10.2. The van der Waals surface area contributed by atoms with Gasteiger partial charge in [-0.1, -0.05) is 18.5 Å². The van der Waals surface area contributed by atoms with E-state index in [9.17, 15) is 4.79 Å². The number of nitrogens with one attached hydrogen (secondary N) is 1. The lowest BCUT2D eigenvalue weighted by Crippen LogP contribution is -2.28. The second kappa shape index (κ2) is 5.33. The van der Waals surface area contributed by atoms with Gasteiger partial charge in [0.2, 0.25) is 0 Å². The molecular weight excluding hydrogens is 230 g/mol. The smallest absolute Gasteiger partial charge is 0.326 e. The number of anilines is 1. The lowest BCUT2D eigenvalue weighted by Gasteiger charge is -2.13. The molecule has 1 rings (SSSR count). The zero-order valence-corrected chi connectivity index (χ0v) is 9.32. The van der Waals surface area contributed by atoms with Crippen LogP contribution >= 0.6 is 11.6 Å². The highest BCUT2D eigenvalue weighted by atomic mass is 35.5. The summed E-state index contributed by atoms with van der Waals surface area (Å²) in [5.74, 6) is -0.766. The minimum atomic E-state index is -0.984. The predicted molar refractivity (Wildman–Crippen MR) is 59.3 cm³/mol. The second-order valence-electron chi connectivity index (χ2n) is 3.08. The van der Waals surface area contributed by atoms with Gasteiger partial charge in [0.1, 0.15) is 23.0 Å². The van der Waals surface area contributed by atoms with Crippen LogP contribution in [-0.2, 0) is 4.79 Å². The van der Waals surface area contributed by atoms with E-state index >= 15 is 0 Å². The number of halogens is 1. The SMILES string of the molecule is CCC(Nc1nccc(C#N)c1Cl)C(=O)O. The molecule has 0 radical (unpaired) electrons. The Hall–Kier alpha value is -1.80. The first kappa shape index (κ1) is 12.3. The molecule has 0 spiro atoms. The summed E-state index contributed by atoms with van der Waals surface area (Å²) in [5.41, 5.74) is 0.263. The predicted octanol–water partition coefficient (Wildman–Crippen LogP) is 1.88. The van der Waals surface area contributed by atoms with Gasteiger partial charge in [-0.05, 0) is 12.5 Å². The average molecular weight is 240 g/mol. The van der Waals surface area contributed by atoms with Crippen LogP contribution in [0, 0.1) is 11.3 Å². The van der Waals surface area contributed by atoms with Crippen molar-refractivity contribution in [2.45, 2.75) is 19.4 Å². The molecule has 1 unspecified atom stereocenters. The number of pyridine rings is 1. The molecule has 0 saturated carbocycles. The highest BCUT2D eigenvalue weighted by Crippen LogP contribution is 2.23. The highest BCUT2D eigenvalue weighted by molar-refractivity contribution is 6.34. The number of carbonyl (C=O) groups is 1. The number of nitriles is 1. The number of aliphatic carboxylic acids is 1. The van der Waals surface area contributed by atoms with Gasteiger partial charge < -0.3 is 10.4 Å². The van der Waals surface area contributed by atoms with Crippen molar-refractivity contribution in [3.05, 3.63) is 22.8 Å². The van der Waals surface area contributed by atoms with E-state index < -0.39 is 12.0 Å². The van der Waals surface area contributed by atoms with Gasteiger partial charge in [0, 0.05) is 6.20 Å². The standard InChI is InChI=1S/C10H10ClN3O2/c1-2-7(10(15)16)14-9-8(11)6(5-12)3-4-13-9/h3-4,7H,2H2,1H3,(H,13,14)(H,15,16). The van der Waals surface area contributed by atoms with E-state index in [1.165, 1.54) is 12.3 Å². The van der Waals surface area contributed by atoms with Crippen molar-refractivity contribution in [1.82, 2.24) is 4.98 Å². The zero-order chi connectivity index (χ0) is 12.1.